The van der Waals surface area contributed by atoms with E-state index in [0.29, 0.717) is 18.1 Å². The number of methoxy groups -OCH3 is 1. The molecule has 1 aromatic heterocycles. The van der Waals surface area contributed by atoms with Crippen LogP contribution in [0.4, 0.5) is 11.5 Å². The molecule has 1 aliphatic rings. The molecule has 7 heteroatoms. The molecule has 0 bridgehead atoms. The van der Waals surface area contributed by atoms with Gasteiger partial charge in [0.1, 0.15) is 11.4 Å². The summed E-state index contributed by atoms with van der Waals surface area (Å²) in [5, 5.41) is 18.8. The summed E-state index contributed by atoms with van der Waals surface area (Å²) in [6, 6.07) is 8.01. The maximum atomic E-state index is 11.3. The maximum absolute atomic E-state index is 11.3. The standard InChI is InChI=1S/C17H22N4O3/c1-12-15(21(22)23)16(20(2)19-12)18-11-17(9-6-10-17)13-7-4-5-8-14(13)24-3/h4-5,7-8,18H,6,9-11H2,1-3H3. The van der Waals surface area contributed by atoms with E-state index in [9.17, 15) is 10.1 Å². The van der Waals surface area contributed by atoms with E-state index in [0.717, 1.165) is 30.6 Å². The molecule has 1 saturated carbocycles. The molecular weight excluding hydrogens is 308 g/mol. The fourth-order valence-corrected chi connectivity index (χ4v) is 3.54. The van der Waals surface area contributed by atoms with Crippen LogP contribution in [0.3, 0.4) is 0 Å². The molecule has 3 rings (SSSR count). The molecule has 0 unspecified atom stereocenters. The summed E-state index contributed by atoms with van der Waals surface area (Å²) in [7, 11) is 3.40. The van der Waals surface area contributed by atoms with Crippen molar-refractivity contribution in [2.45, 2.75) is 31.6 Å². The van der Waals surface area contributed by atoms with E-state index in [4.69, 9.17) is 4.74 Å². The zero-order valence-electron chi connectivity index (χ0n) is 14.2. The zero-order chi connectivity index (χ0) is 17.3. The number of hydrogen-bond donors (Lipinski definition) is 1. The molecule has 2 aromatic rings. The Kier molecular flexibility index (Phi) is 4.17. The van der Waals surface area contributed by atoms with Crippen LogP contribution in [0, 0.1) is 17.0 Å². The number of ether oxygens (including phenoxy) is 1. The number of hydrogen-bond acceptors (Lipinski definition) is 5. The lowest BCUT2D eigenvalue weighted by Gasteiger charge is -2.43. The lowest BCUT2D eigenvalue weighted by Crippen LogP contribution is -2.41. The van der Waals surface area contributed by atoms with E-state index in [-0.39, 0.29) is 16.0 Å². The second kappa shape index (κ2) is 6.14. The number of aryl methyl sites for hydroxylation is 2. The summed E-state index contributed by atoms with van der Waals surface area (Å²) < 4.78 is 7.06. The number of nitrogens with one attached hydrogen (secondary N) is 1. The molecule has 7 nitrogen and oxygen atoms in total. The monoisotopic (exact) mass is 330 g/mol. The normalized spacial score (nSPS) is 15.6. The van der Waals surface area contributed by atoms with Crippen molar-refractivity contribution < 1.29 is 9.66 Å². The van der Waals surface area contributed by atoms with Gasteiger partial charge >= 0.3 is 5.69 Å². The van der Waals surface area contributed by atoms with E-state index in [1.807, 2.05) is 18.2 Å². The first-order chi connectivity index (χ1) is 11.5. The zero-order valence-corrected chi connectivity index (χ0v) is 14.2. The highest BCUT2D eigenvalue weighted by molar-refractivity contribution is 5.60. The number of benzene rings is 1. The molecule has 0 radical (unpaired) electrons. The lowest BCUT2D eigenvalue weighted by molar-refractivity contribution is -0.384. The third kappa shape index (κ3) is 2.60. The van der Waals surface area contributed by atoms with Crippen molar-refractivity contribution in [2.24, 2.45) is 7.05 Å². The summed E-state index contributed by atoms with van der Waals surface area (Å²) in [6.45, 7) is 2.27. The third-order valence-corrected chi connectivity index (χ3v) is 4.96. The van der Waals surface area contributed by atoms with Crippen molar-refractivity contribution >= 4 is 11.5 Å². The molecular formula is C17H22N4O3. The van der Waals surface area contributed by atoms with Gasteiger partial charge in [-0.1, -0.05) is 24.6 Å². The Hall–Kier alpha value is -2.57. The molecule has 1 heterocycles. The molecule has 1 aliphatic carbocycles. The summed E-state index contributed by atoms with van der Waals surface area (Å²) >= 11 is 0. The molecule has 1 aromatic carbocycles. The molecule has 1 N–H and O–H groups in total. The first-order valence-electron chi connectivity index (χ1n) is 8.04. The van der Waals surface area contributed by atoms with Crippen LogP contribution in [0.15, 0.2) is 24.3 Å². The van der Waals surface area contributed by atoms with Gasteiger partial charge in [0.15, 0.2) is 0 Å². The van der Waals surface area contributed by atoms with Gasteiger partial charge in [0.25, 0.3) is 0 Å². The highest BCUT2D eigenvalue weighted by atomic mass is 16.6. The first kappa shape index (κ1) is 16.3. The van der Waals surface area contributed by atoms with E-state index >= 15 is 0 Å². The van der Waals surface area contributed by atoms with Crippen LogP contribution in [0.25, 0.3) is 0 Å². The van der Waals surface area contributed by atoms with Gasteiger partial charge in [-0.3, -0.25) is 10.1 Å². The van der Waals surface area contributed by atoms with Crippen LogP contribution in [0.1, 0.15) is 30.5 Å². The van der Waals surface area contributed by atoms with Crippen molar-refractivity contribution in [3.05, 3.63) is 45.6 Å². The summed E-state index contributed by atoms with van der Waals surface area (Å²) in [5.74, 6) is 1.33. The van der Waals surface area contributed by atoms with Gasteiger partial charge in [-0.15, -0.1) is 0 Å². The predicted molar refractivity (Wildman–Crippen MR) is 91.6 cm³/mol. The lowest BCUT2D eigenvalue weighted by atomic mass is 9.64. The Balaban J connectivity index is 1.89. The van der Waals surface area contributed by atoms with Gasteiger partial charge in [-0.05, 0) is 25.8 Å². The number of aromatic nitrogens is 2. The molecule has 0 amide bonds. The van der Waals surface area contributed by atoms with Gasteiger partial charge in [0.2, 0.25) is 5.82 Å². The van der Waals surface area contributed by atoms with Crippen LogP contribution in [-0.4, -0.2) is 28.4 Å². The van der Waals surface area contributed by atoms with E-state index < -0.39 is 0 Å². The van der Waals surface area contributed by atoms with Gasteiger partial charge in [0, 0.05) is 24.6 Å². The van der Waals surface area contributed by atoms with E-state index in [1.165, 1.54) is 0 Å². The number of nitrogens with zero attached hydrogens (tertiary/aromatic N) is 3. The Morgan fingerprint density at radius 2 is 2.12 bits per heavy atom. The topological polar surface area (TPSA) is 82.2 Å². The second-order valence-electron chi connectivity index (χ2n) is 6.35. The molecule has 0 atom stereocenters. The number of nitro groups is 1. The molecule has 1 fully saturated rings. The molecule has 0 aliphatic heterocycles. The first-order valence-corrected chi connectivity index (χ1v) is 8.04. The van der Waals surface area contributed by atoms with Crippen molar-refractivity contribution in [3.63, 3.8) is 0 Å². The fourth-order valence-electron chi connectivity index (χ4n) is 3.54. The quantitative estimate of drug-likeness (QED) is 0.650. The van der Waals surface area contributed by atoms with Gasteiger partial charge in [0.05, 0.1) is 12.0 Å². The summed E-state index contributed by atoms with van der Waals surface area (Å²) in [6.07, 6.45) is 3.21. The van der Waals surface area contributed by atoms with Gasteiger partial charge < -0.3 is 10.1 Å². The average molecular weight is 330 g/mol. The predicted octanol–water partition coefficient (Wildman–Crippen LogP) is 3.18. The van der Waals surface area contributed by atoms with Crippen molar-refractivity contribution in [1.82, 2.24) is 9.78 Å². The molecule has 128 valence electrons. The van der Waals surface area contributed by atoms with E-state index in [1.54, 1.807) is 25.8 Å². The van der Waals surface area contributed by atoms with Gasteiger partial charge in [-0.2, -0.15) is 5.10 Å². The maximum Gasteiger partial charge on any atom is 0.333 e. The Morgan fingerprint density at radius 1 is 1.42 bits per heavy atom. The number of anilines is 1. The Labute approximate surface area is 140 Å². The third-order valence-electron chi connectivity index (χ3n) is 4.96. The number of rotatable bonds is 6. The fraction of sp³-hybridized carbons (Fsp3) is 0.471. The highest BCUT2D eigenvalue weighted by Crippen LogP contribution is 2.47. The van der Waals surface area contributed by atoms with Crippen LogP contribution in [0.2, 0.25) is 0 Å². The number of para-hydroxylation sites is 1. The van der Waals surface area contributed by atoms with E-state index in [2.05, 4.69) is 16.5 Å². The van der Waals surface area contributed by atoms with Crippen LogP contribution in [0.5, 0.6) is 5.75 Å². The molecule has 0 spiro atoms. The smallest absolute Gasteiger partial charge is 0.333 e. The molecule has 0 saturated heterocycles. The summed E-state index contributed by atoms with van der Waals surface area (Å²) in [4.78, 5) is 11.0. The van der Waals surface area contributed by atoms with Crippen molar-refractivity contribution in [2.75, 3.05) is 19.0 Å². The van der Waals surface area contributed by atoms with Crippen molar-refractivity contribution in [3.8, 4) is 5.75 Å². The minimum atomic E-state index is -0.374. The minimum Gasteiger partial charge on any atom is -0.496 e. The molecule has 24 heavy (non-hydrogen) atoms. The van der Waals surface area contributed by atoms with Gasteiger partial charge in [-0.25, -0.2) is 4.68 Å². The Morgan fingerprint density at radius 3 is 2.71 bits per heavy atom. The minimum absolute atomic E-state index is 0.0481. The van der Waals surface area contributed by atoms with Crippen LogP contribution < -0.4 is 10.1 Å². The Bertz CT molecular complexity index is 765. The van der Waals surface area contributed by atoms with Crippen molar-refractivity contribution in [1.29, 1.82) is 0 Å². The largest absolute Gasteiger partial charge is 0.496 e. The van der Waals surface area contributed by atoms with Crippen LogP contribution in [-0.2, 0) is 12.5 Å². The van der Waals surface area contributed by atoms with Crippen LogP contribution >= 0.6 is 0 Å². The second-order valence-corrected chi connectivity index (χ2v) is 6.35. The summed E-state index contributed by atoms with van der Waals surface area (Å²) in [5.41, 5.74) is 1.57. The SMILES string of the molecule is COc1ccccc1C1(CNc2c([N+](=O)[O-])c(C)nn2C)CCC1. The highest BCUT2D eigenvalue weighted by Gasteiger charge is 2.41. The average Bonchev–Trinajstić information content (AvgIpc) is 2.80.